The molecule has 28 heavy (non-hydrogen) atoms. The van der Waals surface area contributed by atoms with Crippen molar-refractivity contribution < 1.29 is 4.79 Å². The van der Waals surface area contributed by atoms with Crippen molar-refractivity contribution in [3.05, 3.63) is 69.6 Å². The Morgan fingerprint density at radius 1 is 0.857 bits per heavy atom. The molecule has 2 aromatic rings. The number of pyridine rings is 1. The first-order valence-electron chi connectivity index (χ1n) is 10.8. The number of likely N-dealkylation sites (tertiary alicyclic amines) is 1. The minimum atomic E-state index is 0.116. The number of hydrogen-bond acceptors (Lipinski definition) is 2. The van der Waals surface area contributed by atoms with E-state index in [-0.39, 0.29) is 17.4 Å². The topological polar surface area (TPSA) is 42.3 Å². The van der Waals surface area contributed by atoms with E-state index in [9.17, 15) is 9.59 Å². The van der Waals surface area contributed by atoms with Crippen molar-refractivity contribution in [2.45, 2.75) is 56.9 Å². The fourth-order valence-electron chi connectivity index (χ4n) is 5.62. The molecule has 0 radical (unpaired) electrons. The van der Waals surface area contributed by atoms with Crippen LogP contribution in [0, 0.1) is 5.92 Å². The molecule has 3 aliphatic rings. The van der Waals surface area contributed by atoms with E-state index >= 15 is 0 Å². The summed E-state index contributed by atoms with van der Waals surface area (Å²) in [6.07, 6.45) is 7.18. The molecule has 5 rings (SSSR count). The van der Waals surface area contributed by atoms with Crippen LogP contribution in [0.2, 0.25) is 0 Å². The Labute approximate surface area is 166 Å². The number of amides is 1. The molecule has 1 saturated heterocycles. The number of carbonyl (C=O) groups excluding carboxylic acids is 1. The highest BCUT2D eigenvalue weighted by molar-refractivity contribution is 5.94. The second kappa shape index (κ2) is 7.23. The van der Waals surface area contributed by atoms with Crippen LogP contribution in [0.15, 0.2) is 47.3 Å². The molecule has 1 aromatic carbocycles. The predicted octanol–water partition coefficient (Wildman–Crippen LogP) is 4.16. The summed E-state index contributed by atoms with van der Waals surface area (Å²) in [5.74, 6) is 1.20. The molecule has 2 bridgehead atoms. The third-order valence-corrected chi connectivity index (χ3v) is 6.99. The molecule has 1 saturated carbocycles. The summed E-state index contributed by atoms with van der Waals surface area (Å²) >= 11 is 0. The molecular formula is C24H28N2O2. The Kier molecular flexibility index (Phi) is 4.58. The molecule has 1 aliphatic carbocycles. The first kappa shape index (κ1) is 17.7. The highest BCUT2D eigenvalue weighted by atomic mass is 16.2. The number of piperidine rings is 1. The lowest BCUT2D eigenvalue weighted by Gasteiger charge is -2.43. The lowest BCUT2D eigenvalue weighted by molar-refractivity contribution is 0.0594. The van der Waals surface area contributed by atoms with Crippen molar-refractivity contribution in [1.82, 2.24) is 9.47 Å². The summed E-state index contributed by atoms with van der Waals surface area (Å²) in [5, 5.41) is 0. The van der Waals surface area contributed by atoms with Crippen LogP contribution in [0.4, 0.5) is 0 Å². The van der Waals surface area contributed by atoms with E-state index in [1.54, 1.807) is 0 Å². The average Bonchev–Trinajstić information content (AvgIpc) is 2.75. The molecule has 2 atom stereocenters. The van der Waals surface area contributed by atoms with Crippen molar-refractivity contribution in [2.24, 2.45) is 5.92 Å². The van der Waals surface area contributed by atoms with Gasteiger partial charge in [-0.05, 0) is 49.3 Å². The van der Waals surface area contributed by atoms with E-state index < -0.39 is 0 Å². The third-order valence-electron chi connectivity index (χ3n) is 6.99. The second-order valence-electron chi connectivity index (χ2n) is 8.84. The van der Waals surface area contributed by atoms with E-state index in [2.05, 4.69) is 12.1 Å². The smallest absolute Gasteiger partial charge is 0.254 e. The van der Waals surface area contributed by atoms with Crippen LogP contribution in [-0.4, -0.2) is 28.5 Å². The Morgan fingerprint density at radius 3 is 2.43 bits per heavy atom. The Morgan fingerprint density at radius 2 is 1.64 bits per heavy atom. The van der Waals surface area contributed by atoms with Gasteiger partial charge in [0.1, 0.15) is 0 Å². The minimum absolute atomic E-state index is 0.116. The summed E-state index contributed by atoms with van der Waals surface area (Å²) < 4.78 is 2.05. The van der Waals surface area contributed by atoms with E-state index in [4.69, 9.17) is 0 Å². The molecule has 2 unspecified atom stereocenters. The number of hydrogen-bond donors (Lipinski definition) is 0. The van der Waals surface area contributed by atoms with Gasteiger partial charge >= 0.3 is 0 Å². The zero-order chi connectivity index (χ0) is 19.1. The minimum Gasteiger partial charge on any atom is -0.338 e. The molecule has 4 heteroatoms. The first-order valence-corrected chi connectivity index (χ1v) is 10.8. The van der Waals surface area contributed by atoms with Gasteiger partial charge < -0.3 is 9.47 Å². The zero-order valence-electron chi connectivity index (χ0n) is 16.3. The van der Waals surface area contributed by atoms with Crippen LogP contribution in [-0.2, 0) is 6.54 Å². The SMILES string of the molecule is O=C(c1ccccc1)N1CC2CC(C1)c1ccc(C3CCCCC3)c(=O)n1C2. The fourth-order valence-corrected chi connectivity index (χ4v) is 5.62. The van der Waals surface area contributed by atoms with Crippen molar-refractivity contribution in [3.63, 3.8) is 0 Å². The molecule has 4 nitrogen and oxygen atoms in total. The second-order valence-corrected chi connectivity index (χ2v) is 8.84. The van der Waals surface area contributed by atoms with Crippen molar-refractivity contribution >= 4 is 5.91 Å². The molecule has 1 amide bonds. The summed E-state index contributed by atoms with van der Waals surface area (Å²) in [7, 11) is 0. The Bertz CT molecular complexity index is 927. The summed E-state index contributed by atoms with van der Waals surface area (Å²) in [6, 6.07) is 13.8. The Balaban J connectivity index is 1.42. The van der Waals surface area contributed by atoms with Crippen molar-refractivity contribution in [1.29, 1.82) is 0 Å². The van der Waals surface area contributed by atoms with Gasteiger partial charge in [0.2, 0.25) is 0 Å². The monoisotopic (exact) mass is 376 g/mol. The fraction of sp³-hybridized carbons (Fsp3) is 0.500. The van der Waals surface area contributed by atoms with Gasteiger partial charge in [0, 0.05) is 42.4 Å². The molecule has 2 aliphatic heterocycles. The van der Waals surface area contributed by atoms with Crippen LogP contribution in [0.3, 0.4) is 0 Å². The maximum atomic E-state index is 13.3. The van der Waals surface area contributed by atoms with Crippen molar-refractivity contribution in [3.8, 4) is 0 Å². The number of fused-ring (bicyclic) bond motifs is 4. The zero-order valence-corrected chi connectivity index (χ0v) is 16.3. The number of benzene rings is 1. The van der Waals surface area contributed by atoms with E-state index in [0.717, 1.165) is 49.2 Å². The summed E-state index contributed by atoms with van der Waals surface area (Å²) in [4.78, 5) is 28.2. The van der Waals surface area contributed by atoms with Gasteiger partial charge in [-0.1, -0.05) is 43.5 Å². The van der Waals surface area contributed by atoms with Crippen LogP contribution in [0.1, 0.15) is 72.0 Å². The molecule has 2 fully saturated rings. The van der Waals surface area contributed by atoms with Gasteiger partial charge in [0.05, 0.1) is 0 Å². The quantitative estimate of drug-likeness (QED) is 0.790. The normalized spacial score (nSPS) is 24.6. The van der Waals surface area contributed by atoms with Crippen LogP contribution in [0.25, 0.3) is 0 Å². The predicted molar refractivity (Wildman–Crippen MR) is 110 cm³/mol. The summed E-state index contributed by atoms with van der Waals surface area (Å²) in [6.45, 7) is 2.22. The maximum absolute atomic E-state index is 13.3. The van der Waals surface area contributed by atoms with Crippen LogP contribution in [0.5, 0.6) is 0 Å². The van der Waals surface area contributed by atoms with Gasteiger partial charge in [0.15, 0.2) is 0 Å². The molecule has 1 aromatic heterocycles. The molecule has 0 N–H and O–H groups in total. The van der Waals surface area contributed by atoms with E-state index in [1.807, 2.05) is 39.8 Å². The van der Waals surface area contributed by atoms with Crippen LogP contribution < -0.4 is 5.56 Å². The van der Waals surface area contributed by atoms with Gasteiger partial charge in [-0.25, -0.2) is 0 Å². The molecule has 0 spiro atoms. The van der Waals surface area contributed by atoms with Gasteiger partial charge in [-0.3, -0.25) is 9.59 Å². The largest absolute Gasteiger partial charge is 0.338 e. The van der Waals surface area contributed by atoms with Gasteiger partial charge in [-0.15, -0.1) is 0 Å². The number of nitrogens with zero attached hydrogens (tertiary/aromatic N) is 2. The highest BCUT2D eigenvalue weighted by Gasteiger charge is 2.37. The number of aromatic nitrogens is 1. The van der Waals surface area contributed by atoms with E-state index in [1.165, 1.54) is 19.3 Å². The van der Waals surface area contributed by atoms with E-state index in [0.29, 0.717) is 18.4 Å². The highest BCUT2D eigenvalue weighted by Crippen LogP contribution is 2.37. The lowest BCUT2D eigenvalue weighted by atomic mass is 9.81. The van der Waals surface area contributed by atoms with Gasteiger partial charge in [-0.2, -0.15) is 0 Å². The Hall–Kier alpha value is -2.36. The maximum Gasteiger partial charge on any atom is 0.254 e. The summed E-state index contributed by atoms with van der Waals surface area (Å²) in [5.41, 5.74) is 3.15. The molecular weight excluding hydrogens is 348 g/mol. The third kappa shape index (κ3) is 3.09. The van der Waals surface area contributed by atoms with Gasteiger partial charge in [0.25, 0.3) is 11.5 Å². The molecule has 146 valence electrons. The van der Waals surface area contributed by atoms with Crippen molar-refractivity contribution in [2.75, 3.05) is 13.1 Å². The standard InChI is InChI=1S/C24H28N2O2/c27-23(19-9-5-2-6-10-19)25-14-17-13-20(16-25)22-12-11-21(24(28)26(22)15-17)18-7-3-1-4-8-18/h2,5-6,9-12,17-18,20H,1,3-4,7-8,13-16H2. The number of carbonyl (C=O) groups is 1. The number of rotatable bonds is 2. The van der Waals surface area contributed by atoms with Crippen LogP contribution >= 0.6 is 0 Å². The average molecular weight is 377 g/mol. The lowest BCUT2D eigenvalue weighted by Crippen LogP contribution is -2.49. The molecule has 3 heterocycles. The first-order chi connectivity index (χ1) is 13.7.